The summed E-state index contributed by atoms with van der Waals surface area (Å²) in [6.07, 6.45) is -0.668. The molecule has 0 radical (unpaired) electrons. The molecule has 8 nitrogen and oxygen atoms in total. The largest absolute Gasteiger partial charge is 0.464 e. The number of aliphatic hydroxyl groups is 2. The Morgan fingerprint density at radius 2 is 2.08 bits per heavy atom. The van der Waals surface area contributed by atoms with Crippen LogP contribution in [0.3, 0.4) is 0 Å². The topological polar surface area (TPSA) is 109 Å². The molecule has 0 aliphatic rings. The van der Waals surface area contributed by atoms with Crippen molar-refractivity contribution in [1.82, 2.24) is 4.98 Å². The first-order valence-electron chi connectivity index (χ1n) is 7.51. The molecule has 136 valence electrons. The number of amides is 1. The summed E-state index contributed by atoms with van der Waals surface area (Å²) >= 11 is 1.12. The lowest BCUT2D eigenvalue weighted by Crippen LogP contribution is -2.37. The van der Waals surface area contributed by atoms with Crippen molar-refractivity contribution >= 4 is 28.5 Å². The normalized spacial score (nSPS) is 12.6. The van der Waals surface area contributed by atoms with E-state index in [9.17, 15) is 14.7 Å². The molecule has 0 saturated heterocycles. The molecule has 1 heterocycles. The van der Waals surface area contributed by atoms with Crippen molar-refractivity contribution in [3.05, 3.63) is 11.1 Å². The highest BCUT2D eigenvalue weighted by Crippen LogP contribution is 2.24. The number of carbonyl (C=O) groups excluding carboxylic acids is 2. The van der Waals surface area contributed by atoms with E-state index < -0.39 is 23.8 Å². The number of carbonyl (C=O) groups is 2. The quantitative estimate of drug-likeness (QED) is 0.714. The van der Waals surface area contributed by atoms with Crippen LogP contribution in [0.25, 0.3) is 0 Å². The van der Waals surface area contributed by atoms with E-state index in [1.807, 2.05) is 0 Å². The number of ether oxygens (including phenoxy) is 2. The van der Waals surface area contributed by atoms with Gasteiger partial charge in [0.1, 0.15) is 5.60 Å². The molecule has 0 saturated carbocycles. The zero-order valence-electron chi connectivity index (χ0n) is 14.3. The van der Waals surface area contributed by atoms with Gasteiger partial charge in [0.2, 0.25) is 0 Å². The number of nitrogens with zero attached hydrogens (tertiary/aromatic N) is 2. The molecule has 1 aromatic heterocycles. The maximum Gasteiger partial charge on any atom is 0.416 e. The molecule has 2 N–H and O–H groups in total. The fourth-order valence-electron chi connectivity index (χ4n) is 1.74. The highest BCUT2D eigenvalue weighted by Gasteiger charge is 2.26. The molecule has 0 spiro atoms. The van der Waals surface area contributed by atoms with Crippen LogP contribution in [0.4, 0.5) is 9.93 Å². The van der Waals surface area contributed by atoms with Crippen LogP contribution in [0, 0.1) is 0 Å². The Kier molecular flexibility index (Phi) is 7.59. The van der Waals surface area contributed by atoms with Gasteiger partial charge in [-0.1, -0.05) is 0 Å². The molecule has 1 aromatic rings. The Labute approximate surface area is 145 Å². The SMILES string of the molecule is COC(=O)c1csc(N(CCCC(O)CO)C(=O)OC(C)(C)C)n1. The Hall–Kier alpha value is -1.71. The molecule has 0 aliphatic carbocycles. The second-order valence-corrected chi connectivity index (χ2v) is 6.95. The fourth-order valence-corrected chi connectivity index (χ4v) is 2.56. The molecule has 1 rings (SSSR count). The van der Waals surface area contributed by atoms with E-state index in [4.69, 9.17) is 9.84 Å². The van der Waals surface area contributed by atoms with E-state index in [0.29, 0.717) is 18.0 Å². The first-order valence-corrected chi connectivity index (χ1v) is 8.39. The van der Waals surface area contributed by atoms with Crippen LogP contribution < -0.4 is 4.90 Å². The number of esters is 1. The van der Waals surface area contributed by atoms with Gasteiger partial charge >= 0.3 is 12.1 Å². The van der Waals surface area contributed by atoms with Crippen LogP contribution in [-0.2, 0) is 9.47 Å². The summed E-state index contributed by atoms with van der Waals surface area (Å²) in [7, 11) is 1.25. The summed E-state index contributed by atoms with van der Waals surface area (Å²) in [5.41, 5.74) is -0.566. The summed E-state index contributed by atoms with van der Waals surface area (Å²) in [4.78, 5) is 29.3. The monoisotopic (exact) mass is 360 g/mol. The van der Waals surface area contributed by atoms with Crippen molar-refractivity contribution < 1.29 is 29.3 Å². The lowest BCUT2D eigenvalue weighted by atomic mass is 10.2. The fraction of sp³-hybridized carbons (Fsp3) is 0.667. The maximum atomic E-state index is 12.4. The van der Waals surface area contributed by atoms with Gasteiger partial charge in [-0.15, -0.1) is 11.3 Å². The number of thiazole rings is 1. The Morgan fingerprint density at radius 3 is 2.62 bits per heavy atom. The second-order valence-electron chi connectivity index (χ2n) is 6.12. The average molecular weight is 360 g/mol. The van der Waals surface area contributed by atoms with Crippen molar-refractivity contribution in [2.24, 2.45) is 0 Å². The van der Waals surface area contributed by atoms with E-state index >= 15 is 0 Å². The average Bonchev–Trinajstić information content (AvgIpc) is 2.98. The minimum Gasteiger partial charge on any atom is -0.464 e. The van der Waals surface area contributed by atoms with Crippen LogP contribution in [0.2, 0.25) is 0 Å². The first kappa shape index (κ1) is 20.3. The lowest BCUT2D eigenvalue weighted by molar-refractivity contribution is 0.0564. The summed E-state index contributed by atoms with van der Waals surface area (Å²) in [5.74, 6) is -0.586. The van der Waals surface area contributed by atoms with Gasteiger partial charge in [-0.2, -0.15) is 0 Å². The number of anilines is 1. The standard InChI is InChI=1S/C15H24N2O6S/c1-15(2,3)23-14(21)17(7-5-6-10(19)8-18)13-16-11(9-24-13)12(20)22-4/h9-10,18-19H,5-8H2,1-4H3. The van der Waals surface area contributed by atoms with E-state index in [1.165, 1.54) is 17.4 Å². The Morgan fingerprint density at radius 1 is 1.42 bits per heavy atom. The molecular weight excluding hydrogens is 336 g/mol. The molecule has 0 aromatic carbocycles. The van der Waals surface area contributed by atoms with Gasteiger partial charge in [0.25, 0.3) is 0 Å². The zero-order chi connectivity index (χ0) is 18.3. The molecule has 1 unspecified atom stereocenters. The van der Waals surface area contributed by atoms with E-state index in [1.54, 1.807) is 20.8 Å². The molecular formula is C15H24N2O6S. The molecule has 24 heavy (non-hydrogen) atoms. The number of hydrogen-bond acceptors (Lipinski definition) is 8. The molecule has 0 bridgehead atoms. The van der Waals surface area contributed by atoms with Gasteiger partial charge in [-0.05, 0) is 33.6 Å². The predicted molar refractivity (Wildman–Crippen MR) is 89.4 cm³/mol. The minimum atomic E-state index is -0.840. The number of aliphatic hydroxyl groups excluding tert-OH is 2. The zero-order valence-corrected chi connectivity index (χ0v) is 15.1. The molecule has 1 atom stereocenters. The highest BCUT2D eigenvalue weighted by molar-refractivity contribution is 7.14. The maximum absolute atomic E-state index is 12.4. The van der Waals surface area contributed by atoms with Crippen molar-refractivity contribution in [2.45, 2.75) is 45.3 Å². The van der Waals surface area contributed by atoms with E-state index in [2.05, 4.69) is 9.72 Å². The number of methoxy groups -OCH3 is 1. The van der Waals surface area contributed by atoms with Crippen LogP contribution in [-0.4, -0.2) is 59.2 Å². The smallest absolute Gasteiger partial charge is 0.416 e. The third-order valence-corrected chi connectivity index (χ3v) is 3.72. The minimum absolute atomic E-state index is 0.112. The summed E-state index contributed by atoms with van der Waals surface area (Å²) in [5, 5.41) is 20.1. The van der Waals surface area contributed by atoms with Crippen molar-refractivity contribution in [2.75, 3.05) is 25.2 Å². The third-order valence-electron chi connectivity index (χ3n) is 2.86. The van der Waals surface area contributed by atoms with E-state index in [0.717, 1.165) is 11.3 Å². The summed E-state index contributed by atoms with van der Waals surface area (Å²) < 4.78 is 9.97. The Bertz CT molecular complexity index is 554. The molecule has 1 amide bonds. The van der Waals surface area contributed by atoms with Gasteiger partial charge in [0.15, 0.2) is 10.8 Å². The number of rotatable bonds is 7. The van der Waals surface area contributed by atoms with Crippen LogP contribution in [0.15, 0.2) is 5.38 Å². The van der Waals surface area contributed by atoms with Crippen molar-refractivity contribution in [3.8, 4) is 0 Å². The van der Waals surface area contributed by atoms with Gasteiger partial charge in [0.05, 0.1) is 19.8 Å². The van der Waals surface area contributed by atoms with Crippen LogP contribution in [0.1, 0.15) is 44.1 Å². The Balaban J connectivity index is 2.89. The van der Waals surface area contributed by atoms with Gasteiger partial charge in [-0.25, -0.2) is 14.6 Å². The summed E-state index contributed by atoms with van der Waals surface area (Å²) in [6.45, 7) is 5.15. The van der Waals surface area contributed by atoms with Crippen LogP contribution in [0.5, 0.6) is 0 Å². The second kappa shape index (κ2) is 8.95. The number of hydrogen-bond donors (Lipinski definition) is 2. The highest BCUT2D eigenvalue weighted by atomic mass is 32.1. The van der Waals surface area contributed by atoms with Crippen LogP contribution >= 0.6 is 11.3 Å². The van der Waals surface area contributed by atoms with Gasteiger partial charge in [0, 0.05) is 11.9 Å². The third kappa shape index (κ3) is 6.42. The van der Waals surface area contributed by atoms with Gasteiger partial charge in [-0.3, -0.25) is 4.90 Å². The molecule has 9 heteroatoms. The van der Waals surface area contributed by atoms with Crippen molar-refractivity contribution in [3.63, 3.8) is 0 Å². The van der Waals surface area contributed by atoms with E-state index in [-0.39, 0.29) is 18.8 Å². The summed E-state index contributed by atoms with van der Waals surface area (Å²) in [6, 6.07) is 0. The molecule has 0 fully saturated rings. The lowest BCUT2D eigenvalue weighted by Gasteiger charge is -2.26. The van der Waals surface area contributed by atoms with Gasteiger partial charge < -0.3 is 19.7 Å². The first-order chi connectivity index (χ1) is 11.2. The van der Waals surface area contributed by atoms with Crippen molar-refractivity contribution in [1.29, 1.82) is 0 Å². The molecule has 0 aliphatic heterocycles. The predicted octanol–water partition coefficient (Wildman–Crippen LogP) is 1.80. The number of aromatic nitrogens is 1.